The third-order valence-corrected chi connectivity index (χ3v) is 6.20. The molecule has 0 saturated heterocycles. The van der Waals surface area contributed by atoms with Gasteiger partial charge in [-0.05, 0) is 65.3 Å². The lowest BCUT2D eigenvalue weighted by Gasteiger charge is -2.10. The summed E-state index contributed by atoms with van der Waals surface area (Å²) in [5.41, 5.74) is 5.24. The number of ether oxygens (including phenoxy) is 1. The summed E-state index contributed by atoms with van der Waals surface area (Å²) in [6.45, 7) is 0.176. The molecule has 0 aliphatic heterocycles. The minimum atomic E-state index is -0.573. The quantitative estimate of drug-likeness (QED) is 0.312. The highest BCUT2D eigenvalue weighted by atomic mass is 16.5. The van der Waals surface area contributed by atoms with Gasteiger partial charge in [-0.15, -0.1) is 0 Å². The predicted molar refractivity (Wildman–Crippen MR) is 138 cm³/mol. The lowest BCUT2D eigenvalue weighted by molar-refractivity contribution is 0.102. The Bertz CT molecular complexity index is 1300. The van der Waals surface area contributed by atoms with E-state index in [4.69, 9.17) is 4.74 Å². The van der Waals surface area contributed by atoms with Crippen LogP contribution >= 0.6 is 0 Å². The Morgan fingerprint density at radius 2 is 1.34 bits per heavy atom. The van der Waals surface area contributed by atoms with E-state index in [0.29, 0.717) is 23.1 Å². The number of carbonyl (C=O) groups is 2. The maximum Gasteiger partial charge on any atom is 0.411 e. The van der Waals surface area contributed by atoms with Crippen molar-refractivity contribution in [2.24, 2.45) is 0 Å². The van der Waals surface area contributed by atoms with Crippen molar-refractivity contribution in [2.75, 3.05) is 10.6 Å². The van der Waals surface area contributed by atoms with Gasteiger partial charge in [0.2, 0.25) is 0 Å². The molecule has 5 heteroatoms. The molecule has 4 aromatic carbocycles. The van der Waals surface area contributed by atoms with Crippen LogP contribution in [0.1, 0.15) is 45.3 Å². The number of rotatable bonds is 7. The lowest BCUT2D eigenvalue weighted by atomic mass is 10.0. The summed E-state index contributed by atoms with van der Waals surface area (Å²) in [6.07, 6.45) is 0.583. The fourth-order valence-corrected chi connectivity index (χ4v) is 4.26. The smallest absolute Gasteiger partial charge is 0.411 e. The Morgan fingerprint density at radius 1 is 0.686 bits per heavy atom. The van der Waals surface area contributed by atoms with E-state index in [1.807, 2.05) is 48.5 Å². The van der Waals surface area contributed by atoms with Crippen molar-refractivity contribution >= 4 is 23.4 Å². The second kappa shape index (κ2) is 10.3. The van der Waals surface area contributed by atoms with Crippen molar-refractivity contribution in [1.82, 2.24) is 0 Å². The molecular weight excluding hydrogens is 436 g/mol. The first-order valence-corrected chi connectivity index (χ1v) is 11.7. The molecule has 0 aromatic heterocycles. The Kier molecular flexibility index (Phi) is 6.57. The fraction of sp³-hybridized carbons (Fsp3) is 0.133. The number of carbonyl (C=O) groups excluding carboxylic acids is 2. The van der Waals surface area contributed by atoms with Crippen LogP contribution in [-0.2, 0) is 11.3 Å². The van der Waals surface area contributed by atoms with Crippen LogP contribution in [0.4, 0.5) is 16.2 Å². The third-order valence-electron chi connectivity index (χ3n) is 6.20. The first-order chi connectivity index (χ1) is 17.2. The Hall–Kier alpha value is -4.38. The van der Waals surface area contributed by atoms with Gasteiger partial charge in [0.15, 0.2) is 0 Å². The highest BCUT2D eigenvalue weighted by Gasteiger charge is 2.39. The molecule has 0 heterocycles. The molecule has 5 rings (SSSR count). The van der Waals surface area contributed by atoms with Crippen LogP contribution < -0.4 is 10.6 Å². The SMILES string of the molecule is O=C(Nc1cccc(C(=O)Nc2ccc(C3CC3c3ccccc3)cc2)c1)OCc1ccccc1. The Labute approximate surface area is 204 Å². The highest BCUT2D eigenvalue weighted by Crippen LogP contribution is 2.54. The van der Waals surface area contributed by atoms with E-state index in [9.17, 15) is 9.59 Å². The van der Waals surface area contributed by atoms with Crippen LogP contribution in [0.25, 0.3) is 0 Å². The largest absolute Gasteiger partial charge is 0.444 e. The third kappa shape index (κ3) is 5.76. The minimum Gasteiger partial charge on any atom is -0.444 e. The van der Waals surface area contributed by atoms with E-state index in [2.05, 4.69) is 47.0 Å². The topological polar surface area (TPSA) is 67.4 Å². The van der Waals surface area contributed by atoms with Crippen molar-refractivity contribution in [3.8, 4) is 0 Å². The van der Waals surface area contributed by atoms with Crippen LogP contribution in [0, 0.1) is 0 Å². The van der Waals surface area contributed by atoms with E-state index in [-0.39, 0.29) is 12.5 Å². The maximum absolute atomic E-state index is 12.8. The van der Waals surface area contributed by atoms with Gasteiger partial charge in [-0.1, -0.05) is 78.9 Å². The fourth-order valence-electron chi connectivity index (χ4n) is 4.26. The molecule has 1 aliphatic rings. The van der Waals surface area contributed by atoms with Gasteiger partial charge < -0.3 is 10.1 Å². The van der Waals surface area contributed by atoms with Gasteiger partial charge >= 0.3 is 6.09 Å². The molecule has 2 N–H and O–H groups in total. The number of anilines is 2. The van der Waals surface area contributed by atoms with Gasteiger partial charge in [-0.25, -0.2) is 4.79 Å². The molecule has 0 bridgehead atoms. The second-order valence-corrected chi connectivity index (χ2v) is 8.70. The van der Waals surface area contributed by atoms with E-state index in [1.54, 1.807) is 24.3 Å². The first kappa shape index (κ1) is 22.4. The monoisotopic (exact) mass is 462 g/mol. The van der Waals surface area contributed by atoms with Crippen molar-refractivity contribution in [2.45, 2.75) is 24.9 Å². The van der Waals surface area contributed by atoms with Gasteiger partial charge in [0.05, 0.1) is 0 Å². The van der Waals surface area contributed by atoms with E-state index in [0.717, 1.165) is 17.7 Å². The molecule has 0 spiro atoms. The number of hydrogen-bond donors (Lipinski definition) is 2. The summed E-state index contributed by atoms with van der Waals surface area (Å²) in [7, 11) is 0. The number of benzene rings is 4. The van der Waals surface area contributed by atoms with Gasteiger partial charge in [0, 0.05) is 16.9 Å². The zero-order valence-corrected chi connectivity index (χ0v) is 19.2. The molecule has 4 aromatic rings. The predicted octanol–water partition coefficient (Wildman–Crippen LogP) is 6.96. The summed E-state index contributed by atoms with van der Waals surface area (Å²) < 4.78 is 5.25. The molecule has 1 aliphatic carbocycles. The van der Waals surface area contributed by atoms with Crippen LogP contribution in [-0.4, -0.2) is 12.0 Å². The Morgan fingerprint density at radius 3 is 2.06 bits per heavy atom. The lowest BCUT2D eigenvalue weighted by Crippen LogP contribution is -2.15. The van der Waals surface area contributed by atoms with Gasteiger partial charge in [-0.2, -0.15) is 0 Å². The average Bonchev–Trinajstić information content (AvgIpc) is 3.70. The number of hydrogen-bond acceptors (Lipinski definition) is 3. The van der Waals surface area contributed by atoms with Gasteiger partial charge in [0.25, 0.3) is 5.91 Å². The average molecular weight is 463 g/mol. The van der Waals surface area contributed by atoms with Crippen LogP contribution in [0.2, 0.25) is 0 Å². The van der Waals surface area contributed by atoms with Crippen LogP contribution in [0.15, 0.2) is 109 Å². The zero-order chi connectivity index (χ0) is 24.0. The first-order valence-electron chi connectivity index (χ1n) is 11.7. The number of amides is 2. The van der Waals surface area contributed by atoms with E-state index >= 15 is 0 Å². The summed E-state index contributed by atoms with van der Waals surface area (Å²) in [4.78, 5) is 24.9. The van der Waals surface area contributed by atoms with Crippen molar-refractivity contribution in [1.29, 1.82) is 0 Å². The molecule has 5 nitrogen and oxygen atoms in total. The zero-order valence-electron chi connectivity index (χ0n) is 19.2. The summed E-state index contributed by atoms with van der Waals surface area (Å²) in [5, 5.41) is 5.61. The maximum atomic E-state index is 12.8. The minimum absolute atomic E-state index is 0.176. The van der Waals surface area contributed by atoms with Crippen LogP contribution in [0.3, 0.4) is 0 Å². The molecule has 1 saturated carbocycles. The molecule has 1 fully saturated rings. The van der Waals surface area contributed by atoms with E-state index < -0.39 is 6.09 Å². The number of nitrogens with one attached hydrogen (secondary N) is 2. The highest BCUT2D eigenvalue weighted by molar-refractivity contribution is 6.05. The Balaban J connectivity index is 1.15. The molecule has 35 heavy (non-hydrogen) atoms. The van der Waals surface area contributed by atoms with Crippen molar-refractivity contribution in [3.05, 3.63) is 131 Å². The standard InChI is InChI=1S/C30H26N2O3/c33-29(24-12-7-13-26(18-24)32-30(34)35-20-21-8-3-1-4-9-21)31-25-16-14-23(15-17-25)28-19-27(28)22-10-5-2-6-11-22/h1-18,27-28H,19-20H2,(H,31,33)(H,32,34). The van der Waals surface area contributed by atoms with Crippen molar-refractivity contribution < 1.29 is 14.3 Å². The van der Waals surface area contributed by atoms with Gasteiger partial charge in [0.1, 0.15) is 6.61 Å². The second-order valence-electron chi connectivity index (χ2n) is 8.70. The molecular formula is C30H26N2O3. The molecule has 2 unspecified atom stereocenters. The summed E-state index contributed by atoms with van der Waals surface area (Å²) in [6, 6.07) is 34.9. The molecule has 2 amide bonds. The van der Waals surface area contributed by atoms with Crippen molar-refractivity contribution in [3.63, 3.8) is 0 Å². The summed E-state index contributed by atoms with van der Waals surface area (Å²) >= 11 is 0. The van der Waals surface area contributed by atoms with E-state index in [1.165, 1.54) is 11.1 Å². The normalized spacial score (nSPS) is 16.2. The summed E-state index contributed by atoms with van der Waals surface area (Å²) in [5.74, 6) is 0.866. The van der Waals surface area contributed by atoms with Crippen LogP contribution in [0.5, 0.6) is 0 Å². The molecule has 174 valence electrons. The van der Waals surface area contributed by atoms with Gasteiger partial charge in [-0.3, -0.25) is 10.1 Å². The molecule has 2 atom stereocenters. The molecule has 0 radical (unpaired) electrons.